The largest absolute Gasteiger partial charge is 0.398 e. The predicted octanol–water partition coefficient (Wildman–Crippen LogP) is 1.86. The van der Waals surface area contributed by atoms with Gasteiger partial charge in [0.05, 0.1) is 6.20 Å². The highest BCUT2D eigenvalue weighted by molar-refractivity contribution is 5.76. The van der Waals surface area contributed by atoms with E-state index >= 15 is 0 Å². The Morgan fingerprint density at radius 1 is 1.33 bits per heavy atom. The van der Waals surface area contributed by atoms with E-state index in [-0.39, 0.29) is 0 Å². The van der Waals surface area contributed by atoms with Gasteiger partial charge in [0.2, 0.25) is 0 Å². The van der Waals surface area contributed by atoms with Crippen molar-refractivity contribution in [3.8, 4) is 11.1 Å². The van der Waals surface area contributed by atoms with Crippen LogP contribution >= 0.6 is 0 Å². The maximum absolute atomic E-state index is 5.90. The number of aromatic nitrogens is 3. The van der Waals surface area contributed by atoms with Crippen LogP contribution in [0.1, 0.15) is 12.6 Å². The number of anilines is 1. The van der Waals surface area contributed by atoms with E-state index < -0.39 is 0 Å². The fourth-order valence-electron chi connectivity index (χ4n) is 1.66. The van der Waals surface area contributed by atoms with Gasteiger partial charge in [0, 0.05) is 41.4 Å². The van der Waals surface area contributed by atoms with E-state index in [0.717, 1.165) is 29.1 Å². The van der Waals surface area contributed by atoms with Crippen LogP contribution in [0, 0.1) is 6.92 Å². The van der Waals surface area contributed by atoms with Crippen molar-refractivity contribution < 1.29 is 0 Å². The highest BCUT2D eigenvalue weighted by atomic mass is 15.3. The van der Waals surface area contributed by atoms with E-state index in [1.165, 1.54) is 0 Å². The van der Waals surface area contributed by atoms with Crippen molar-refractivity contribution in [3.05, 3.63) is 30.4 Å². The molecular weight excluding hydrogens is 188 g/mol. The van der Waals surface area contributed by atoms with Crippen molar-refractivity contribution in [1.29, 1.82) is 0 Å². The summed E-state index contributed by atoms with van der Waals surface area (Å²) in [7, 11) is 0. The van der Waals surface area contributed by atoms with Crippen molar-refractivity contribution in [3.63, 3.8) is 0 Å². The van der Waals surface area contributed by atoms with Crippen molar-refractivity contribution in [2.24, 2.45) is 0 Å². The normalized spacial score (nSPS) is 10.5. The Balaban J connectivity index is 2.55. The van der Waals surface area contributed by atoms with Crippen LogP contribution in [0.3, 0.4) is 0 Å². The number of pyridine rings is 1. The van der Waals surface area contributed by atoms with Gasteiger partial charge in [-0.3, -0.25) is 9.67 Å². The molecule has 0 saturated carbocycles. The second-order valence-corrected chi connectivity index (χ2v) is 3.42. The van der Waals surface area contributed by atoms with E-state index in [1.54, 1.807) is 18.5 Å². The van der Waals surface area contributed by atoms with Crippen molar-refractivity contribution in [2.75, 3.05) is 5.73 Å². The van der Waals surface area contributed by atoms with Gasteiger partial charge in [0.25, 0.3) is 0 Å². The van der Waals surface area contributed by atoms with E-state index in [2.05, 4.69) is 17.0 Å². The molecule has 2 N–H and O–H groups in total. The Hall–Kier alpha value is -1.84. The number of rotatable bonds is 2. The van der Waals surface area contributed by atoms with Crippen LogP contribution in [-0.2, 0) is 6.54 Å². The molecule has 0 aliphatic heterocycles. The molecule has 0 unspecified atom stereocenters. The molecule has 2 aromatic heterocycles. The van der Waals surface area contributed by atoms with Gasteiger partial charge in [0.1, 0.15) is 0 Å². The third kappa shape index (κ3) is 1.58. The molecule has 0 amide bonds. The number of hydrogen-bond acceptors (Lipinski definition) is 3. The molecule has 15 heavy (non-hydrogen) atoms. The fraction of sp³-hybridized carbons (Fsp3) is 0.273. The Bertz CT molecular complexity index is 473. The molecule has 0 spiro atoms. The second-order valence-electron chi connectivity index (χ2n) is 3.42. The minimum Gasteiger partial charge on any atom is -0.398 e. The number of nitrogen functional groups attached to an aromatic ring is 1. The Morgan fingerprint density at radius 3 is 2.73 bits per heavy atom. The summed E-state index contributed by atoms with van der Waals surface area (Å²) in [6.07, 6.45) is 5.31. The smallest absolute Gasteiger partial charge is 0.0572 e. The molecule has 0 aliphatic carbocycles. The molecule has 2 rings (SSSR count). The molecule has 0 aliphatic rings. The summed E-state index contributed by atoms with van der Waals surface area (Å²) in [5.74, 6) is 0. The lowest BCUT2D eigenvalue weighted by Crippen LogP contribution is -1.99. The van der Waals surface area contributed by atoms with Gasteiger partial charge in [-0.05, 0) is 19.9 Å². The molecule has 4 nitrogen and oxygen atoms in total. The van der Waals surface area contributed by atoms with Crippen molar-refractivity contribution in [1.82, 2.24) is 14.8 Å². The van der Waals surface area contributed by atoms with Gasteiger partial charge in [-0.1, -0.05) is 0 Å². The highest BCUT2D eigenvalue weighted by Crippen LogP contribution is 2.27. The van der Waals surface area contributed by atoms with E-state index in [9.17, 15) is 0 Å². The van der Waals surface area contributed by atoms with Crippen LogP contribution in [0.5, 0.6) is 0 Å². The number of hydrogen-bond donors (Lipinski definition) is 1. The maximum atomic E-state index is 5.90. The first kappa shape index (κ1) is 9.71. The zero-order valence-corrected chi connectivity index (χ0v) is 8.94. The molecule has 78 valence electrons. The first-order chi connectivity index (χ1) is 7.24. The monoisotopic (exact) mass is 202 g/mol. The topological polar surface area (TPSA) is 56.7 Å². The summed E-state index contributed by atoms with van der Waals surface area (Å²) in [6.45, 7) is 4.97. The maximum Gasteiger partial charge on any atom is 0.0572 e. The zero-order chi connectivity index (χ0) is 10.8. The summed E-state index contributed by atoms with van der Waals surface area (Å²) < 4.78 is 1.95. The summed E-state index contributed by atoms with van der Waals surface area (Å²) in [6, 6.07) is 1.80. The minimum atomic E-state index is 0.740. The van der Waals surface area contributed by atoms with E-state index in [1.807, 2.05) is 17.8 Å². The molecule has 2 aromatic rings. The van der Waals surface area contributed by atoms with Crippen LogP contribution in [0.2, 0.25) is 0 Å². The SMILES string of the molecule is CCn1ncc(-c2cnccc2N)c1C. The standard InChI is InChI=1S/C11H14N4/c1-3-15-8(2)9(7-14-15)10-6-13-5-4-11(10)12/h4-7H,3H2,1-2H3,(H2,12,13). The average Bonchev–Trinajstić information content (AvgIpc) is 2.60. The van der Waals surface area contributed by atoms with Crippen LogP contribution in [-0.4, -0.2) is 14.8 Å². The zero-order valence-electron chi connectivity index (χ0n) is 8.94. The molecule has 0 fully saturated rings. The van der Waals surface area contributed by atoms with Crippen LogP contribution in [0.25, 0.3) is 11.1 Å². The van der Waals surface area contributed by atoms with Crippen LogP contribution in [0.15, 0.2) is 24.7 Å². The lowest BCUT2D eigenvalue weighted by molar-refractivity contribution is 0.640. The Kier molecular flexibility index (Phi) is 2.41. The number of aryl methyl sites for hydroxylation is 1. The fourth-order valence-corrected chi connectivity index (χ4v) is 1.66. The predicted molar refractivity (Wildman–Crippen MR) is 60.3 cm³/mol. The van der Waals surface area contributed by atoms with Gasteiger partial charge in [-0.15, -0.1) is 0 Å². The Morgan fingerprint density at radius 2 is 2.13 bits per heavy atom. The second kappa shape index (κ2) is 3.73. The van der Waals surface area contributed by atoms with Gasteiger partial charge >= 0.3 is 0 Å². The summed E-state index contributed by atoms with van der Waals surface area (Å²) in [5, 5.41) is 4.29. The summed E-state index contributed by atoms with van der Waals surface area (Å²) >= 11 is 0. The van der Waals surface area contributed by atoms with Crippen molar-refractivity contribution in [2.45, 2.75) is 20.4 Å². The van der Waals surface area contributed by atoms with Gasteiger partial charge in [0.15, 0.2) is 0 Å². The summed E-state index contributed by atoms with van der Waals surface area (Å²) in [4.78, 5) is 4.08. The number of nitrogens with zero attached hydrogens (tertiary/aromatic N) is 3. The number of nitrogens with two attached hydrogens (primary N) is 1. The molecule has 0 radical (unpaired) electrons. The molecule has 4 heteroatoms. The highest BCUT2D eigenvalue weighted by Gasteiger charge is 2.09. The molecular formula is C11H14N4. The third-order valence-corrected chi connectivity index (χ3v) is 2.55. The third-order valence-electron chi connectivity index (χ3n) is 2.55. The minimum absolute atomic E-state index is 0.740. The lowest BCUT2D eigenvalue weighted by atomic mass is 10.1. The van der Waals surface area contributed by atoms with Crippen LogP contribution in [0.4, 0.5) is 5.69 Å². The van der Waals surface area contributed by atoms with Crippen molar-refractivity contribution >= 4 is 5.69 Å². The van der Waals surface area contributed by atoms with Crippen LogP contribution < -0.4 is 5.73 Å². The molecule has 2 heterocycles. The molecule has 0 atom stereocenters. The average molecular weight is 202 g/mol. The molecule has 0 saturated heterocycles. The van der Waals surface area contributed by atoms with E-state index in [4.69, 9.17) is 5.73 Å². The first-order valence-electron chi connectivity index (χ1n) is 4.96. The van der Waals surface area contributed by atoms with Gasteiger partial charge < -0.3 is 5.73 Å². The lowest BCUT2D eigenvalue weighted by Gasteiger charge is -2.04. The summed E-state index contributed by atoms with van der Waals surface area (Å²) in [5.41, 5.74) is 9.77. The first-order valence-corrected chi connectivity index (χ1v) is 4.96. The quantitative estimate of drug-likeness (QED) is 0.808. The molecule has 0 aromatic carbocycles. The molecule has 0 bridgehead atoms. The van der Waals surface area contributed by atoms with Gasteiger partial charge in [-0.2, -0.15) is 5.10 Å². The van der Waals surface area contributed by atoms with Gasteiger partial charge in [-0.25, -0.2) is 0 Å². The Labute approximate surface area is 88.8 Å². The van der Waals surface area contributed by atoms with E-state index in [0.29, 0.717) is 0 Å².